The number of carboxylic acid groups (broad SMARTS) is 1. The van der Waals surface area contributed by atoms with Crippen molar-refractivity contribution in [2.45, 2.75) is 83.6 Å². The Morgan fingerprint density at radius 1 is 0.977 bits per heavy atom. The molecule has 2 aromatic carbocycles. The number of nitrogens with one attached hydrogen (secondary N) is 3. The fourth-order valence-electron chi connectivity index (χ4n) is 4.69. The standard InChI is InChI=1S/C24H34N2O5S.C7H14N2O2/c1-14(2)18-12-20(15(3)4)23(21(13-18)16(5)6)32(30,31)26-22(24(27)28)11-17-8-7-9-19(10-17)25-29;1-2-11-7(10)9-5-3-8-4-6-9/h7-10,12-16,22,25-26,29H,11H2,1-6H3,(H,27,28);8H,2-6H2,1H3/t22-;/m0./s1. The fraction of sp³-hybridized carbons (Fsp3) is 0.548. The molecule has 3 rings (SSSR count). The summed E-state index contributed by atoms with van der Waals surface area (Å²) in [5, 5.41) is 22.0. The molecule has 1 atom stereocenters. The number of ether oxygens (including phenoxy) is 1. The van der Waals surface area contributed by atoms with Crippen LogP contribution in [-0.4, -0.2) is 74.5 Å². The van der Waals surface area contributed by atoms with E-state index < -0.39 is 22.0 Å². The van der Waals surface area contributed by atoms with Crippen molar-refractivity contribution in [2.24, 2.45) is 0 Å². The second-order valence-electron chi connectivity index (χ2n) is 11.5. The Balaban J connectivity index is 0.000000490. The number of piperazine rings is 1. The SMILES string of the molecule is CC(C)c1cc(C(C)C)c(S(=O)(=O)N[C@@H](Cc2cccc(NO)c2)C(=O)O)c(C(C)C)c1.CCOC(=O)N1CCNCC1. The summed E-state index contributed by atoms with van der Waals surface area (Å²) in [5.41, 5.74) is 5.40. The van der Waals surface area contributed by atoms with Gasteiger partial charge in [0.25, 0.3) is 0 Å². The highest BCUT2D eigenvalue weighted by atomic mass is 32.2. The highest BCUT2D eigenvalue weighted by Gasteiger charge is 2.31. The predicted octanol–water partition coefficient (Wildman–Crippen LogP) is 4.88. The predicted molar refractivity (Wildman–Crippen MR) is 167 cm³/mol. The number of carbonyl (C=O) groups excluding carboxylic acids is 1. The average molecular weight is 621 g/mol. The van der Waals surface area contributed by atoms with Gasteiger partial charge in [-0.05, 0) is 65.5 Å². The first-order chi connectivity index (χ1) is 20.2. The molecule has 0 saturated carbocycles. The maximum Gasteiger partial charge on any atom is 0.409 e. The Bertz CT molecular complexity index is 1290. The number of nitrogens with zero attached hydrogens (tertiary/aromatic N) is 1. The number of amides is 1. The number of benzene rings is 2. The van der Waals surface area contributed by atoms with Crippen molar-refractivity contribution in [3.63, 3.8) is 0 Å². The van der Waals surface area contributed by atoms with Crippen LogP contribution in [0.15, 0.2) is 41.3 Å². The topological polar surface area (TPSA) is 157 Å². The lowest BCUT2D eigenvalue weighted by atomic mass is 9.89. The number of sulfonamides is 1. The Kier molecular flexibility index (Phi) is 13.9. The average Bonchev–Trinajstić information content (AvgIpc) is 2.96. The fourth-order valence-corrected chi connectivity index (χ4v) is 6.58. The number of carboxylic acids is 1. The van der Waals surface area contributed by atoms with Crippen molar-refractivity contribution in [3.8, 4) is 0 Å². The molecular weight excluding hydrogens is 572 g/mol. The van der Waals surface area contributed by atoms with E-state index in [0.29, 0.717) is 29.0 Å². The first-order valence-electron chi connectivity index (χ1n) is 14.8. The molecule has 240 valence electrons. The summed E-state index contributed by atoms with van der Waals surface area (Å²) in [7, 11) is -4.13. The molecule has 0 radical (unpaired) electrons. The minimum absolute atomic E-state index is 0.0617. The summed E-state index contributed by atoms with van der Waals surface area (Å²) < 4.78 is 34.4. The Morgan fingerprint density at radius 3 is 2.02 bits per heavy atom. The van der Waals surface area contributed by atoms with Crippen molar-refractivity contribution < 1.29 is 33.1 Å². The number of hydrogen-bond donors (Lipinski definition) is 5. The van der Waals surface area contributed by atoms with Crippen molar-refractivity contribution in [2.75, 3.05) is 38.3 Å². The summed E-state index contributed by atoms with van der Waals surface area (Å²) in [4.78, 5) is 24.9. The summed E-state index contributed by atoms with van der Waals surface area (Å²) in [6, 6.07) is 8.99. The van der Waals surface area contributed by atoms with Crippen LogP contribution in [-0.2, 0) is 26.0 Å². The molecule has 1 fully saturated rings. The molecule has 0 bridgehead atoms. The van der Waals surface area contributed by atoms with Gasteiger partial charge in [-0.25, -0.2) is 13.2 Å². The highest BCUT2D eigenvalue weighted by Crippen LogP contribution is 2.35. The van der Waals surface area contributed by atoms with Crippen molar-refractivity contribution in [3.05, 3.63) is 58.7 Å². The van der Waals surface area contributed by atoms with Gasteiger partial charge in [-0.3, -0.25) is 15.5 Å². The molecule has 43 heavy (non-hydrogen) atoms. The van der Waals surface area contributed by atoms with Crippen LogP contribution in [0.1, 0.15) is 88.5 Å². The van der Waals surface area contributed by atoms with Gasteiger partial charge in [0, 0.05) is 26.2 Å². The van der Waals surface area contributed by atoms with Crippen LogP contribution in [0.2, 0.25) is 0 Å². The van der Waals surface area contributed by atoms with Crippen LogP contribution in [0.3, 0.4) is 0 Å². The van der Waals surface area contributed by atoms with E-state index in [1.165, 1.54) is 0 Å². The monoisotopic (exact) mass is 620 g/mol. The van der Waals surface area contributed by atoms with Crippen LogP contribution in [0.25, 0.3) is 0 Å². The Hall–Kier alpha value is -3.19. The first kappa shape index (κ1) is 36.0. The normalized spacial score (nSPS) is 14.3. The van der Waals surface area contributed by atoms with E-state index in [0.717, 1.165) is 31.7 Å². The third-order valence-electron chi connectivity index (χ3n) is 7.08. The zero-order chi connectivity index (χ0) is 32.3. The lowest BCUT2D eigenvalue weighted by Gasteiger charge is -2.26. The maximum absolute atomic E-state index is 13.6. The second-order valence-corrected chi connectivity index (χ2v) is 13.1. The molecule has 0 aliphatic carbocycles. The number of carbonyl (C=O) groups is 2. The summed E-state index contributed by atoms with van der Waals surface area (Å²) >= 11 is 0. The quantitative estimate of drug-likeness (QED) is 0.221. The lowest BCUT2D eigenvalue weighted by molar-refractivity contribution is -0.138. The molecule has 0 spiro atoms. The maximum atomic E-state index is 13.6. The van der Waals surface area contributed by atoms with Gasteiger partial charge in [-0.1, -0.05) is 65.8 Å². The van der Waals surface area contributed by atoms with Crippen LogP contribution in [0.5, 0.6) is 0 Å². The molecule has 1 saturated heterocycles. The lowest BCUT2D eigenvalue weighted by Crippen LogP contribution is -2.46. The molecule has 5 N–H and O–H groups in total. The van der Waals surface area contributed by atoms with Crippen LogP contribution in [0.4, 0.5) is 10.5 Å². The van der Waals surface area contributed by atoms with E-state index in [-0.39, 0.29) is 35.2 Å². The van der Waals surface area contributed by atoms with Gasteiger partial charge in [0.1, 0.15) is 6.04 Å². The highest BCUT2D eigenvalue weighted by molar-refractivity contribution is 7.89. The third-order valence-corrected chi connectivity index (χ3v) is 8.69. The zero-order valence-corrected chi connectivity index (χ0v) is 27.1. The molecule has 2 aromatic rings. The van der Waals surface area contributed by atoms with Gasteiger partial charge < -0.3 is 20.1 Å². The van der Waals surface area contributed by atoms with Crippen molar-refractivity contribution in [1.82, 2.24) is 14.9 Å². The first-order valence-corrected chi connectivity index (χ1v) is 16.2. The molecule has 12 heteroatoms. The molecular formula is C31H48N4O7S. The van der Waals surface area contributed by atoms with Gasteiger partial charge in [0.15, 0.2) is 0 Å². The van der Waals surface area contributed by atoms with E-state index in [4.69, 9.17) is 9.94 Å². The number of hydrogen-bond acceptors (Lipinski definition) is 8. The number of aliphatic carboxylic acids is 1. The van der Waals surface area contributed by atoms with Crippen molar-refractivity contribution >= 4 is 27.8 Å². The molecule has 0 unspecified atom stereocenters. The van der Waals surface area contributed by atoms with E-state index in [1.54, 1.807) is 29.2 Å². The third kappa shape index (κ3) is 10.5. The Labute approximate surface area is 256 Å². The summed E-state index contributed by atoms with van der Waals surface area (Å²) in [6.45, 7) is 17.4. The van der Waals surface area contributed by atoms with E-state index in [9.17, 15) is 23.1 Å². The van der Waals surface area contributed by atoms with E-state index >= 15 is 0 Å². The van der Waals surface area contributed by atoms with Crippen LogP contribution in [0, 0.1) is 0 Å². The van der Waals surface area contributed by atoms with Gasteiger partial charge in [0.05, 0.1) is 17.2 Å². The summed E-state index contributed by atoms with van der Waals surface area (Å²) in [5.74, 6) is -1.16. The number of anilines is 1. The van der Waals surface area contributed by atoms with Crippen molar-refractivity contribution in [1.29, 1.82) is 0 Å². The largest absolute Gasteiger partial charge is 0.480 e. The minimum atomic E-state index is -4.13. The second kappa shape index (κ2) is 16.6. The molecule has 1 aliphatic rings. The van der Waals surface area contributed by atoms with Gasteiger partial charge in [-0.15, -0.1) is 0 Å². The molecule has 1 aliphatic heterocycles. The van der Waals surface area contributed by atoms with Gasteiger partial charge in [0.2, 0.25) is 10.0 Å². The number of rotatable bonds is 11. The molecule has 11 nitrogen and oxygen atoms in total. The van der Waals surface area contributed by atoms with Crippen LogP contribution < -0.4 is 15.5 Å². The van der Waals surface area contributed by atoms with E-state index in [1.807, 2.05) is 52.2 Å². The Morgan fingerprint density at radius 2 is 1.56 bits per heavy atom. The molecule has 0 aromatic heterocycles. The van der Waals surface area contributed by atoms with Gasteiger partial charge >= 0.3 is 12.1 Å². The zero-order valence-electron chi connectivity index (χ0n) is 26.3. The smallest absolute Gasteiger partial charge is 0.409 e. The van der Waals surface area contributed by atoms with Crippen LogP contribution >= 0.6 is 0 Å². The minimum Gasteiger partial charge on any atom is -0.480 e. The molecule has 1 amide bonds. The summed E-state index contributed by atoms with van der Waals surface area (Å²) in [6.07, 6.45) is -0.253. The van der Waals surface area contributed by atoms with Gasteiger partial charge in [-0.2, -0.15) is 4.72 Å². The van der Waals surface area contributed by atoms with E-state index in [2.05, 4.69) is 23.9 Å². The molecule has 1 heterocycles.